The van der Waals surface area contributed by atoms with E-state index in [1.54, 1.807) is 13.8 Å². The monoisotopic (exact) mass is 294 g/mol. The number of nitrogens with zero attached hydrogens (tertiary/aromatic N) is 1. The average Bonchev–Trinajstić information content (AvgIpc) is 2.38. The minimum atomic E-state index is -0.757. The van der Waals surface area contributed by atoms with Crippen molar-refractivity contribution in [2.75, 3.05) is 13.1 Å². The summed E-state index contributed by atoms with van der Waals surface area (Å²) in [7, 11) is 0. The van der Waals surface area contributed by atoms with Crippen molar-refractivity contribution in [2.24, 2.45) is 0 Å². The van der Waals surface area contributed by atoms with Crippen LogP contribution in [0.1, 0.15) is 36.7 Å². The third-order valence-corrected chi connectivity index (χ3v) is 3.91. The average molecular weight is 294 g/mol. The van der Waals surface area contributed by atoms with Gasteiger partial charge in [0.2, 0.25) is 5.91 Å². The quantitative estimate of drug-likeness (QED) is 0.828. The summed E-state index contributed by atoms with van der Waals surface area (Å²) in [5, 5.41) is 12.9. The lowest BCUT2D eigenvalue weighted by atomic mass is 9.97. The van der Waals surface area contributed by atoms with Crippen LogP contribution in [0.15, 0.2) is 12.1 Å². The Morgan fingerprint density at radius 1 is 1.48 bits per heavy atom. The molecule has 0 atom stereocenters. The summed E-state index contributed by atoms with van der Waals surface area (Å²) in [6, 6.07) is 2.22. The van der Waals surface area contributed by atoms with E-state index in [9.17, 15) is 19.1 Å². The molecule has 1 aliphatic heterocycles. The Hall–Kier alpha value is -1.95. The maximum absolute atomic E-state index is 13.6. The fourth-order valence-corrected chi connectivity index (χ4v) is 2.47. The molecule has 0 aliphatic carbocycles. The van der Waals surface area contributed by atoms with Crippen molar-refractivity contribution in [3.63, 3.8) is 0 Å². The van der Waals surface area contributed by atoms with Crippen LogP contribution in [-0.4, -0.2) is 40.3 Å². The summed E-state index contributed by atoms with van der Waals surface area (Å²) in [6.45, 7) is 6.09. The first-order valence-electron chi connectivity index (χ1n) is 6.79. The van der Waals surface area contributed by atoms with Crippen LogP contribution in [0.4, 0.5) is 4.39 Å². The number of hydrogen-bond acceptors (Lipinski definition) is 4. The van der Waals surface area contributed by atoms with E-state index in [1.807, 2.05) is 4.90 Å². The number of Topliss-reactive ketones (excluding diaryl/α,β-unsaturated/α-hetero) is 1. The van der Waals surface area contributed by atoms with Crippen LogP contribution in [0.5, 0.6) is 5.75 Å². The number of phenols is 1. The van der Waals surface area contributed by atoms with Gasteiger partial charge in [0.05, 0.1) is 11.1 Å². The van der Waals surface area contributed by atoms with Gasteiger partial charge in [-0.05, 0) is 32.9 Å². The van der Waals surface area contributed by atoms with E-state index in [4.69, 9.17) is 0 Å². The molecule has 1 aliphatic rings. The van der Waals surface area contributed by atoms with Gasteiger partial charge < -0.3 is 10.4 Å². The summed E-state index contributed by atoms with van der Waals surface area (Å²) < 4.78 is 13.6. The van der Waals surface area contributed by atoms with Crippen LogP contribution in [0.25, 0.3) is 0 Å². The van der Waals surface area contributed by atoms with Gasteiger partial charge in [0, 0.05) is 25.2 Å². The second-order valence-electron chi connectivity index (χ2n) is 5.75. The number of phenolic OH excluding ortho intramolecular Hbond substituents is 1. The highest BCUT2D eigenvalue weighted by Crippen LogP contribution is 2.29. The number of ketones is 1. The van der Waals surface area contributed by atoms with Crippen LogP contribution >= 0.6 is 0 Å². The van der Waals surface area contributed by atoms with Crippen LogP contribution in [-0.2, 0) is 11.3 Å². The van der Waals surface area contributed by atoms with Crippen molar-refractivity contribution in [3.8, 4) is 5.75 Å². The molecular formula is C15H19FN2O3. The zero-order valence-electron chi connectivity index (χ0n) is 12.4. The molecule has 21 heavy (non-hydrogen) atoms. The van der Waals surface area contributed by atoms with Crippen LogP contribution < -0.4 is 5.32 Å². The molecule has 1 saturated heterocycles. The zero-order valence-corrected chi connectivity index (χ0v) is 12.4. The van der Waals surface area contributed by atoms with E-state index in [-0.39, 0.29) is 23.8 Å². The summed E-state index contributed by atoms with van der Waals surface area (Å²) in [5.41, 5.74) is -0.486. The van der Waals surface area contributed by atoms with Gasteiger partial charge in [0.15, 0.2) is 5.78 Å². The number of carbonyl (C=O) groups is 2. The second-order valence-corrected chi connectivity index (χ2v) is 5.75. The first kappa shape index (κ1) is 15.4. The van der Waals surface area contributed by atoms with Gasteiger partial charge in [-0.1, -0.05) is 0 Å². The molecule has 2 N–H and O–H groups in total. The van der Waals surface area contributed by atoms with Gasteiger partial charge in [-0.3, -0.25) is 14.5 Å². The summed E-state index contributed by atoms with van der Waals surface area (Å²) in [6.07, 6.45) is 0. The Balaban J connectivity index is 2.35. The third-order valence-electron chi connectivity index (χ3n) is 3.91. The number of hydrogen-bond donors (Lipinski definition) is 2. The predicted molar refractivity (Wildman–Crippen MR) is 75.6 cm³/mol. The van der Waals surface area contributed by atoms with E-state index < -0.39 is 17.1 Å². The molecule has 114 valence electrons. The summed E-state index contributed by atoms with van der Waals surface area (Å²) in [5.74, 6) is -1.31. The maximum atomic E-state index is 13.6. The van der Waals surface area contributed by atoms with Crippen LogP contribution in [0.3, 0.4) is 0 Å². The predicted octanol–water partition coefficient (Wildman–Crippen LogP) is 1.44. The van der Waals surface area contributed by atoms with Crippen LogP contribution in [0, 0.1) is 5.82 Å². The molecule has 0 spiro atoms. The number of rotatable bonds is 3. The van der Waals surface area contributed by atoms with Crippen molar-refractivity contribution < 1.29 is 19.1 Å². The number of carbonyl (C=O) groups excluding carboxylic acids is 2. The van der Waals surface area contributed by atoms with Crippen LogP contribution in [0.2, 0.25) is 0 Å². The molecule has 1 heterocycles. The van der Waals surface area contributed by atoms with E-state index in [2.05, 4.69) is 5.32 Å². The molecule has 1 amide bonds. The normalized spacial score (nSPS) is 18.4. The largest absolute Gasteiger partial charge is 0.507 e. The van der Waals surface area contributed by atoms with Crippen molar-refractivity contribution in [3.05, 3.63) is 29.1 Å². The molecule has 1 fully saturated rings. The number of nitrogens with one attached hydrogen (secondary N) is 1. The van der Waals surface area contributed by atoms with Gasteiger partial charge in [-0.15, -0.1) is 0 Å². The topological polar surface area (TPSA) is 69.6 Å². The van der Waals surface area contributed by atoms with E-state index in [1.165, 1.54) is 13.0 Å². The van der Waals surface area contributed by atoms with Gasteiger partial charge in [0.1, 0.15) is 11.6 Å². The molecule has 6 heteroatoms. The highest BCUT2D eigenvalue weighted by atomic mass is 19.1. The fourth-order valence-electron chi connectivity index (χ4n) is 2.47. The molecule has 0 unspecified atom stereocenters. The lowest BCUT2D eigenvalue weighted by molar-refractivity contribution is -0.135. The van der Waals surface area contributed by atoms with Gasteiger partial charge in [-0.25, -0.2) is 4.39 Å². The number of benzene rings is 1. The van der Waals surface area contributed by atoms with Gasteiger partial charge >= 0.3 is 0 Å². The van der Waals surface area contributed by atoms with E-state index in [0.717, 1.165) is 6.07 Å². The second kappa shape index (κ2) is 5.44. The standard InChI is InChI=1S/C15H19FN2O3/c1-9(19)12-7-11(16)6-10(13(12)20)8-18-5-4-17-14(21)15(18,2)3/h6-7,20H,4-5,8H2,1-3H3,(H,17,21). The third kappa shape index (κ3) is 2.90. The highest BCUT2D eigenvalue weighted by molar-refractivity contribution is 5.97. The SMILES string of the molecule is CC(=O)c1cc(F)cc(CN2CCNC(=O)C2(C)C)c1O. The molecule has 0 bridgehead atoms. The van der Waals surface area contributed by atoms with E-state index >= 15 is 0 Å². The Morgan fingerprint density at radius 2 is 2.14 bits per heavy atom. The number of aromatic hydroxyl groups is 1. The number of amides is 1. The lowest BCUT2D eigenvalue weighted by Gasteiger charge is -2.41. The molecule has 0 aromatic heterocycles. The number of halogens is 1. The summed E-state index contributed by atoms with van der Waals surface area (Å²) >= 11 is 0. The molecular weight excluding hydrogens is 275 g/mol. The Labute approximate surface area is 122 Å². The Morgan fingerprint density at radius 3 is 2.76 bits per heavy atom. The molecule has 1 aromatic rings. The highest BCUT2D eigenvalue weighted by Gasteiger charge is 2.37. The fraction of sp³-hybridized carbons (Fsp3) is 0.467. The van der Waals surface area contributed by atoms with Gasteiger partial charge in [0.25, 0.3) is 0 Å². The lowest BCUT2D eigenvalue weighted by Crippen LogP contribution is -2.61. The molecule has 5 nitrogen and oxygen atoms in total. The minimum absolute atomic E-state index is 0.0377. The van der Waals surface area contributed by atoms with Crippen molar-refractivity contribution in [1.82, 2.24) is 10.2 Å². The van der Waals surface area contributed by atoms with Crippen molar-refractivity contribution in [1.29, 1.82) is 0 Å². The van der Waals surface area contributed by atoms with Gasteiger partial charge in [-0.2, -0.15) is 0 Å². The van der Waals surface area contributed by atoms with E-state index in [0.29, 0.717) is 18.7 Å². The Kier molecular flexibility index (Phi) is 4.00. The van der Waals surface area contributed by atoms with Crippen molar-refractivity contribution >= 4 is 11.7 Å². The molecule has 2 rings (SSSR count). The first-order valence-corrected chi connectivity index (χ1v) is 6.79. The Bertz CT molecular complexity index is 599. The first-order chi connectivity index (χ1) is 9.73. The smallest absolute Gasteiger partial charge is 0.240 e. The molecule has 1 aromatic carbocycles. The molecule has 0 saturated carbocycles. The summed E-state index contributed by atoms with van der Waals surface area (Å²) in [4.78, 5) is 25.2. The van der Waals surface area contributed by atoms with Crippen molar-refractivity contribution in [2.45, 2.75) is 32.9 Å². The molecule has 0 radical (unpaired) electrons. The minimum Gasteiger partial charge on any atom is -0.507 e. The maximum Gasteiger partial charge on any atom is 0.240 e. The number of piperazine rings is 1. The zero-order chi connectivity index (χ0) is 15.8.